The first-order chi connectivity index (χ1) is 10.9. The van der Waals surface area contributed by atoms with E-state index in [0.29, 0.717) is 12.1 Å². The summed E-state index contributed by atoms with van der Waals surface area (Å²) in [5.41, 5.74) is 2.51. The van der Waals surface area contributed by atoms with Gasteiger partial charge >= 0.3 is 0 Å². The molecule has 122 valence electrons. The van der Waals surface area contributed by atoms with Crippen molar-refractivity contribution >= 4 is 21.4 Å². The van der Waals surface area contributed by atoms with Crippen LogP contribution in [0, 0.1) is 10.1 Å². The largest absolute Gasteiger partial charge is 0.381 e. The Kier molecular flexibility index (Phi) is 5.30. The maximum atomic E-state index is 11.5. The average molecular weight is 335 g/mol. The summed E-state index contributed by atoms with van der Waals surface area (Å²) < 4.78 is 25.2. The van der Waals surface area contributed by atoms with E-state index in [1.54, 1.807) is 24.3 Å². The van der Waals surface area contributed by atoms with Gasteiger partial charge in [0.1, 0.15) is 0 Å². The van der Waals surface area contributed by atoms with Gasteiger partial charge in [0.25, 0.3) is 5.69 Å². The zero-order chi connectivity index (χ0) is 16.9. The number of hydrogen-bond acceptors (Lipinski definition) is 5. The van der Waals surface area contributed by atoms with Crippen LogP contribution in [-0.2, 0) is 22.3 Å². The number of nitro benzene ring substituents is 1. The van der Waals surface area contributed by atoms with Crippen molar-refractivity contribution in [3.05, 3.63) is 69.8 Å². The van der Waals surface area contributed by atoms with Gasteiger partial charge in [-0.15, -0.1) is 0 Å². The number of sulfonamides is 1. The lowest BCUT2D eigenvalue weighted by Crippen LogP contribution is -2.20. The minimum absolute atomic E-state index is 0.0469. The van der Waals surface area contributed by atoms with Crippen LogP contribution in [0.25, 0.3) is 0 Å². The molecule has 0 aliphatic carbocycles. The van der Waals surface area contributed by atoms with Gasteiger partial charge in [-0.05, 0) is 30.3 Å². The van der Waals surface area contributed by atoms with Crippen LogP contribution in [0.15, 0.2) is 48.5 Å². The molecule has 8 heteroatoms. The molecule has 0 saturated heterocycles. The van der Waals surface area contributed by atoms with E-state index in [1.807, 2.05) is 12.1 Å². The molecule has 0 fully saturated rings. The molecule has 0 aliphatic rings. The molecule has 0 saturated carbocycles. The predicted molar refractivity (Wildman–Crippen MR) is 88.5 cm³/mol. The van der Waals surface area contributed by atoms with Crippen LogP contribution in [0.3, 0.4) is 0 Å². The van der Waals surface area contributed by atoms with E-state index in [9.17, 15) is 18.5 Å². The van der Waals surface area contributed by atoms with Gasteiger partial charge in [-0.25, -0.2) is 13.1 Å². The summed E-state index contributed by atoms with van der Waals surface area (Å²) in [5.74, 6) is -0.0560. The van der Waals surface area contributed by atoms with Crippen molar-refractivity contribution in [1.82, 2.24) is 4.72 Å². The van der Waals surface area contributed by atoms with Crippen molar-refractivity contribution in [2.75, 3.05) is 12.4 Å². The molecule has 0 aromatic heterocycles. The highest BCUT2D eigenvalue weighted by atomic mass is 32.2. The molecule has 0 aliphatic heterocycles. The lowest BCUT2D eigenvalue weighted by atomic mass is 10.1. The molecule has 2 rings (SSSR count). The monoisotopic (exact) mass is 335 g/mol. The van der Waals surface area contributed by atoms with Crippen LogP contribution >= 0.6 is 0 Å². The Morgan fingerprint density at radius 2 is 1.57 bits per heavy atom. The second kappa shape index (κ2) is 7.21. The van der Waals surface area contributed by atoms with Crippen molar-refractivity contribution in [1.29, 1.82) is 0 Å². The summed E-state index contributed by atoms with van der Waals surface area (Å²) >= 11 is 0. The Morgan fingerprint density at radius 1 is 1.00 bits per heavy atom. The molecule has 0 radical (unpaired) electrons. The summed E-state index contributed by atoms with van der Waals surface area (Å²) in [6.07, 6.45) is 0. The lowest BCUT2D eigenvalue weighted by molar-refractivity contribution is -0.384. The maximum absolute atomic E-state index is 11.5. The Bertz CT molecular complexity index is 771. The molecule has 23 heavy (non-hydrogen) atoms. The number of nitrogens with zero attached hydrogens (tertiary/aromatic N) is 1. The van der Waals surface area contributed by atoms with Crippen molar-refractivity contribution in [2.45, 2.75) is 12.3 Å². The molecular formula is C15H17N3O4S. The van der Waals surface area contributed by atoms with E-state index in [4.69, 9.17) is 0 Å². The van der Waals surface area contributed by atoms with Gasteiger partial charge in [0.15, 0.2) is 0 Å². The highest BCUT2D eigenvalue weighted by Gasteiger charge is 2.08. The van der Waals surface area contributed by atoms with Gasteiger partial charge in [-0.2, -0.15) is 0 Å². The average Bonchev–Trinajstić information content (AvgIpc) is 2.54. The van der Waals surface area contributed by atoms with Gasteiger partial charge < -0.3 is 5.32 Å². The summed E-state index contributed by atoms with van der Waals surface area (Å²) in [7, 11) is -1.89. The lowest BCUT2D eigenvalue weighted by Gasteiger charge is -2.08. The third-order valence-corrected chi connectivity index (χ3v) is 4.60. The van der Waals surface area contributed by atoms with Crippen LogP contribution in [0.4, 0.5) is 11.4 Å². The molecule has 7 nitrogen and oxygen atoms in total. The smallest absolute Gasteiger partial charge is 0.269 e. The fourth-order valence-corrected chi connectivity index (χ4v) is 2.73. The van der Waals surface area contributed by atoms with Gasteiger partial charge in [0.2, 0.25) is 10.0 Å². The quantitative estimate of drug-likeness (QED) is 0.597. The minimum Gasteiger partial charge on any atom is -0.381 e. The van der Waals surface area contributed by atoms with E-state index < -0.39 is 14.9 Å². The second-order valence-corrected chi connectivity index (χ2v) is 6.86. The van der Waals surface area contributed by atoms with E-state index in [2.05, 4.69) is 10.0 Å². The molecule has 2 N–H and O–H groups in total. The number of non-ortho nitro benzene ring substituents is 1. The fraction of sp³-hybridized carbons (Fsp3) is 0.200. The number of benzene rings is 2. The Hall–Kier alpha value is -2.45. The van der Waals surface area contributed by atoms with Crippen molar-refractivity contribution in [3.8, 4) is 0 Å². The molecular weight excluding hydrogens is 318 g/mol. The zero-order valence-corrected chi connectivity index (χ0v) is 13.3. The molecule has 2 aromatic rings. The Labute approximate surface area is 134 Å². The van der Waals surface area contributed by atoms with Crippen LogP contribution in [0.2, 0.25) is 0 Å². The van der Waals surface area contributed by atoms with Gasteiger partial charge in [-0.3, -0.25) is 10.1 Å². The second-order valence-electron chi connectivity index (χ2n) is 4.94. The maximum Gasteiger partial charge on any atom is 0.269 e. The van der Waals surface area contributed by atoms with Crippen molar-refractivity contribution in [2.24, 2.45) is 0 Å². The van der Waals surface area contributed by atoms with E-state index in [1.165, 1.54) is 19.2 Å². The van der Waals surface area contributed by atoms with Crippen molar-refractivity contribution in [3.63, 3.8) is 0 Å². The molecule has 2 aromatic carbocycles. The number of nitro groups is 1. The summed E-state index contributed by atoms with van der Waals surface area (Å²) in [5, 5.41) is 13.7. The Morgan fingerprint density at radius 3 is 2.09 bits per heavy atom. The first-order valence-corrected chi connectivity index (χ1v) is 8.52. The minimum atomic E-state index is -3.27. The number of rotatable bonds is 7. The molecule has 0 unspecified atom stereocenters. The topological polar surface area (TPSA) is 101 Å². The standard InChI is InChI=1S/C15H17N3O4S/c1-16-23(21,22)11-13-4-2-12(3-5-13)10-17-14-6-8-15(9-7-14)18(19)20/h2-9,16-17H,10-11H2,1H3. The summed E-state index contributed by atoms with van der Waals surface area (Å²) in [6, 6.07) is 13.4. The molecule has 0 heterocycles. The first-order valence-electron chi connectivity index (χ1n) is 6.87. The fourth-order valence-electron chi connectivity index (χ4n) is 1.95. The van der Waals surface area contributed by atoms with E-state index in [-0.39, 0.29) is 11.4 Å². The number of anilines is 1. The summed E-state index contributed by atoms with van der Waals surface area (Å²) in [6.45, 7) is 0.539. The molecule has 0 bridgehead atoms. The third-order valence-electron chi connectivity index (χ3n) is 3.27. The van der Waals surface area contributed by atoms with Crippen molar-refractivity contribution < 1.29 is 13.3 Å². The van der Waals surface area contributed by atoms with Gasteiger partial charge in [0, 0.05) is 24.4 Å². The predicted octanol–water partition coefficient (Wildman–Crippen LogP) is 2.26. The molecule has 0 amide bonds. The van der Waals surface area contributed by atoms with Crippen LogP contribution < -0.4 is 10.0 Å². The highest BCUT2D eigenvalue weighted by Crippen LogP contribution is 2.16. The highest BCUT2D eigenvalue weighted by molar-refractivity contribution is 7.88. The van der Waals surface area contributed by atoms with E-state index >= 15 is 0 Å². The number of hydrogen-bond donors (Lipinski definition) is 2. The normalized spacial score (nSPS) is 11.2. The van der Waals surface area contributed by atoms with Gasteiger partial charge in [-0.1, -0.05) is 24.3 Å². The summed E-state index contributed by atoms with van der Waals surface area (Å²) in [4.78, 5) is 10.1. The molecule has 0 atom stereocenters. The van der Waals surface area contributed by atoms with Gasteiger partial charge in [0.05, 0.1) is 10.7 Å². The molecule has 0 spiro atoms. The SMILES string of the molecule is CNS(=O)(=O)Cc1ccc(CNc2ccc([N+](=O)[O-])cc2)cc1. The van der Waals surface area contributed by atoms with Crippen LogP contribution in [-0.4, -0.2) is 20.4 Å². The van der Waals surface area contributed by atoms with E-state index in [0.717, 1.165) is 11.3 Å². The Balaban J connectivity index is 1.95. The van der Waals surface area contributed by atoms with Crippen LogP contribution in [0.1, 0.15) is 11.1 Å². The zero-order valence-electron chi connectivity index (χ0n) is 12.5. The first kappa shape index (κ1) is 16.9. The third kappa shape index (κ3) is 5.04. The van der Waals surface area contributed by atoms with Crippen LogP contribution in [0.5, 0.6) is 0 Å². The number of nitrogens with one attached hydrogen (secondary N) is 2.